The van der Waals surface area contributed by atoms with Crippen LogP contribution in [0.4, 0.5) is 5.82 Å². The van der Waals surface area contributed by atoms with Gasteiger partial charge in [-0.1, -0.05) is 11.8 Å². The number of nitrogens with one attached hydrogen (secondary N) is 1. The Morgan fingerprint density at radius 3 is 3.12 bits per heavy atom. The molecule has 16 heavy (non-hydrogen) atoms. The molecule has 5 heteroatoms. The third-order valence-corrected chi connectivity index (χ3v) is 3.38. The zero-order valence-corrected chi connectivity index (χ0v) is 10.2. The molecule has 2 atom stereocenters. The first kappa shape index (κ1) is 11.7. The van der Waals surface area contributed by atoms with Crippen LogP contribution in [0.3, 0.4) is 0 Å². The lowest BCUT2D eigenvalue weighted by atomic mass is 9.93. The average molecular weight is 239 g/mol. The van der Waals surface area contributed by atoms with E-state index >= 15 is 0 Å². The number of aliphatic hydroxyl groups is 1. The van der Waals surface area contributed by atoms with Crippen LogP contribution in [0, 0.1) is 0 Å². The van der Waals surface area contributed by atoms with E-state index < -0.39 is 0 Å². The molecule has 88 valence electrons. The van der Waals surface area contributed by atoms with Gasteiger partial charge in [0.25, 0.3) is 0 Å². The third-order valence-electron chi connectivity index (χ3n) is 2.81. The molecule has 1 aromatic heterocycles. The molecule has 0 spiro atoms. The van der Waals surface area contributed by atoms with Gasteiger partial charge < -0.3 is 10.4 Å². The van der Waals surface area contributed by atoms with Crippen molar-refractivity contribution in [3.05, 3.63) is 12.3 Å². The lowest BCUT2D eigenvalue weighted by Crippen LogP contribution is -2.30. The Morgan fingerprint density at radius 2 is 2.38 bits per heavy atom. The minimum Gasteiger partial charge on any atom is -0.393 e. The van der Waals surface area contributed by atoms with E-state index in [1.807, 2.05) is 12.3 Å². The summed E-state index contributed by atoms with van der Waals surface area (Å²) in [5.74, 6) is 0.860. The van der Waals surface area contributed by atoms with Gasteiger partial charge in [0.15, 0.2) is 5.16 Å². The summed E-state index contributed by atoms with van der Waals surface area (Å²) in [4.78, 5) is 8.50. The van der Waals surface area contributed by atoms with Crippen LogP contribution in [0.5, 0.6) is 0 Å². The molecule has 0 aromatic carbocycles. The molecule has 2 rings (SSSR count). The number of thioether (sulfide) groups is 1. The van der Waals surface area contributed by atoms with Gasteiger partial charge >= 0.3 is 0 Å². The van der Waals surface area contributed by atoms with E-state index in [9.17, 15) is 5.11 Å². The first-order valence-electron chi connectivity index (χ1n) is 5.59. The highest BCUT2D eigenvalue weighted by Gasteiger charge is 2.20. The molecule has 2 N–H and O–H groups in total. The summed E-state index contributed by atoms with van der Waals surface area (Å²) in [6, 6.07) is 2.22. The van der Waals surface area contributed by atoms with Crippen molar-refractivity contribution in [1.29, 1.82) is 0 Å². The number of nitrogens with zero attached hydrogens (tertiary/aromatic N) is 2. The number of aliphatic hydroxyl groups excluding tert-OH is 1. The fourth-order valence-electron chi connectivity index (χ4n) is 2.02. The molecule has 0 amide bonds. The Hall–Kier alpha value is -0.810. The Labute approximate surface area is 99.9 Å². The van der Waals surface area contributed by atoms with Gasteiger partial charge in [0.05, 0.1) is 6.10 Å². The summed E-state index contributed by atoms with van der Waals surface area (Å²) in [7, 11) is 0. The second-order valence-corrected chi connectivity index (χ2v) is 4.86. The van der Waals surface area contributed by atoms with E-state index in [4.69, 9.17) is 0 Å². The predicted octanol–water partition coefficient (Wildman–Crippen LogP) is 1.91. The van der Waals surface area contributed by atoms with Crippen LogP contribution in [0.25, 0.3) is 0 Å². The lowest BCUT2D eigenvalue weighted by Gasteiger charge is -2.27. The van der Waals surface area contributed by atoms with E-state index in [1.165, 1.54) is 11.8 Å². The largest absolute Gasteiger partial charge is 0.393 e. The molecule has 0 aliphatic heterocycles. The van der Waals surface area contributed by atoms with E-state index in [-0.39, 0.29) is 6.10 Å². The maximum Gasteiger partial charge on any atom is 0.189 e. The van der Waals surface area contributed by atoms with Crippen molar-refractivity contribution < 1.29 is 5.11 Å². The number of hydrogen-bond donors (Lipinski definition) is 2. The van der Waals surface area contributed by atoms with Crippen LogP contribution >= 0.6 is 11.8 Å². The first-order valence-corrected chi connectivity index (χ1v) is 6.82. The van der Waals surface area contributed by atoms with Gasteiger partial charge in [0.2, 0.25) is 0 Å². The normalized spacial score (nSPS) is 25.4. The van der Waals surface area contributed by atoms with Gasteiger partial charge in [-0.05, 0) is 38.0 Å². The van der Waals surface area contributed by atoms with Crippen molar-refractivity contribution in [1.82, 2.24) is 9.97 Å². The second kappa shape index (κ2) is 5.50. The quantitative estimate of drug-likeness (QED) is 0.623. The summed E-state index contributed by atoms with van der Waals surface area (Å²) in [6.45, 7) is 0. The maximum absolute atomic E-state index is 9.58. The summed E-state index contributed by atoms with van der Waals surface area (Å²) in [5, 5.41) is 13.7. The fourth-order valence-corrected chi connectivity index (χ4v) is 2.38. The molecule has 0 bridgehead atoms. The lowest BCUT2D eigenvalue weighted by molar-refractivity contribution is 0.124. The Bertz CT molecular complexity index is 348. The SMILES string of the molecule is CSc1nccc(N[C@@H]2CCC[C@H](O)C2)n1. The number of aromatic nitrogens is 2. The summed E-state index contributed by atoms with van der Waals surface area (Å²) in [6.07, 6.45) is 7.50. The van der Waals surface area contributed by atoms with E-state index in [0.29, 0.717) is 6.04 Å². The van der Waals surface area contributed by atoms with Crippen molar-refractivity contribution in [2.24, 2.45) is 0 Å². The molecular formula is C11H17N3OS. The van der Waals surface area contributed by atoms with Gasteiger partial charge in [0, 0.05) is 12.2 Å². The summed E-state index contributed by atoms with van der Waals surface area (Å²) < 4.78 is 0. The first-order chi connectivity index (χ1) is 7.78. The second-order valence-electron chi connectivity index (χ2n) is 4.09. The summed E-state index contributed by atoms with van der Waals surface area (Å²) >= 11 is 1.53. The van der Waals surface area contributed by atoms with Crippen LogP contribution in [-0.2, 0) is 0 Å². The highest BCUT2D eigenvalue weighted by atomic mass is 32.2. The minimum atomic E-state index is -0.159. The van der Waals surface area contributed by atoms with Crippen molar-refractivity contribution in [3.8, 4) is 0 Å². The number of hydrogen-bond acceptors (Lipinski definition) is 5. The van der Waals surface area contributed by atoms with Crippen LogP contribution in [-0.4, -0.2) is 33.5 Å². The van der Waals surface area contributed by atoms with Crippen molar-refractivity contribution >= 4 is 17.6 Å². The Morgan fingerprint density at radius 1 is 1.50 bits per heavy atom. The standard InChI is InChI=1S/C11H17N3OS/c1-16-11-12-6-5-10(14-11)13-8-3-2-4-9(15)7-8/h5-6,8-9,15H,2-4,7H2,1H3,(H,12,13,14)/t8-,9+/m1/s1. The average Bonchev–Trinajstić information content (AvgIpc) is 2.29. The molecular weight excluding hydrogens is 222 g/mol. The van der Waals surface area contributed by atoms with Crippen LogP contribution in [0.1, 0.15) is 25.7 Å². The zero-order valence-electron chi connectivity index (χ0n) is 9.39. The van der Waals surface area contributed by atoms with Crippen LogP contribution < -0.4 is 5.32 Å². The molecule has 1 fully saturated rings. The van der Waals surface area contributed by atoms with Gasteiger partial charge in [0.1, 0.15) is 5.82 Å². The Kier molecular flexibility index (Phi) is 4.01. The molecule has 0 saturated heterocycles. The van der Waals surface area contributed by atoms with Gasteiger partial charge in [-0.15, -0.1) is 0 Å². The van der Waals surface area contributed by atoms with E-state index in [1.54, 1.807) is 6.20 Å². The van der Waals surface area contributed by atoms with E-state index in [0.717, 1.165) is 36.7 Å². The highest BCUT2D eigenvalue weighted by Crippen LogP contribution is 2.21. The fraction of sp³-hybridized carbons (Fsp3) is 0.636. The Balaban J connectivity index is 1.97. The van der Waals surface area contributed by atoms with Crippen molar-refractivity contribution in [2.75, 3.05) is 11.6 Å². The van der Waals surface area contributed by atoms with Gasteiger partial charge in [-0.25, -0.2) is 9.97 Å². The molecule has 1 aliphatic carbocycles. The van der Waals surface area contributed by atoms with E-state index in [2.05, 4.69) is 15.3 Å². The molecule has 0 radical (unpaired) electrons. The molecule has 4 nitrogen and oxygen atoms in total. The van der Waals surface area contributed by atoms with Crippen LogP contribution in [0.15, 0.2) is 17.4 Å². The van der Waals surface area contributed by atoms with Gasteiger partial charge in [-0.2, -0.15) is 0 Å². The maximum atomic E-state index is 9.58. The molecule has 1 aliphatic rings. The van der Waals surface area contributed by atoms with Gasteiger partial charge in [-0.3, -0.25) is 0 Å². The highest BCUT2D eigenvalue weighted by molar-refractivity contribution is 7.98. The monoisotopic (exact) mass is 239 g/mol. The van der Waals surface area contributed by atoms with Crippen molar-refractivity contribution in [3.63, 3.8) is 0 Å². The van der Waals surface area contributed by atoms with Crippen molar-refractivity contribution in [2.45, 2.75) is 43.0 Å². The number of rotatable bonds is 3. The smallest absolute Gasteiger partial charge is 0.189 e. The third kappa shape index (κ3) is 3.09. The molecule has 0 unspecified atom stereocenters. The predicted molar refractivity (Wildman–Crippen MR) is 65.7 cm³/mol. The van der Waals surface area contributed by atoms with Crippen LogP contribution in [0.2, 0.25) is 0 Å². The zero-order chi connectivity index (χ0) is 11.4. The molecule has 1 saturated carbocycles. The topological polar surface area (TPSA) is 58.0 Å². The number of anilines is 1. The minimum absolute atomic E-state index is 0.159. The molecule has 1 heterocycles. The molecule has 1 aromatic rings. The summed E-state index contributed by atoms with van der Waals surface area (Å²) in [5.41, 5.74) is 0.